The van der Waals surface area contributed by atoms with Gasteiger partial charge in [0.2, 0.25) is 11.8 Å². The van der Waals surface area contributed by atoms with Crippen molar-refractivity contribution in [3.05, 3.63) is 59.7 Å². The highest BCUT2D eigenvalue weighted by atomic mass is 16.5. The Morgan fingerprint density at radius 1 is 1.20 bits per heavy atom. The highest BCUT2D eigenvalue weighted by Crippen LogP contribution is 2.31. The highest BCUT2D eigenvalue weighted by Gasteiger charge is 2.35. The van der Waals surface area contributed by atoms with Crippen molar-refractivity contribution in [3.63, 3.8) is 0 Å². The van der Waals surface area contributed by atoms with Crippen LogP contribution in [-0.2, 0) is 20.9 Å². The van der Waals surface area contributed by atoms with E-state index < -0.39 is 12.1 Å². The molecule has 7 heteroatoms. The third kappa shape index (κ3) is 4.63. The molecule has 2 unspecified atom stereocenters. The zero-order valence-corrected chi connectivity index (χ0v) is 16.9. The summed E-state index contributed by atoms with van der Waals surface area (Å²) in [7, 11) is 1.61. The average Bonchev–Trinajstić information content (AvgIpc) is 3.61. The Kier molecular flexibility index (Phi) is 6.01. The molecule has 1 saturated heterocycles. The zero-order valence-electron chi connectivity index (χ0n) is 16.9. The van der Waals surface area contributed by atoms with Crippen LogP contribution in [0.3, 0.4) is 0 Å². The predicted molar refractivity (Wildman–Crippen MR) is 111 cm³/mol. The monoisotopic (exact) mass is 410 g/mol. The van der Waals surface area contributed by atoms with E-state index in [0.29, 0.717) is 17.8 Å². The smallest absolute Gasteiger partial charge is 0.249 e. The largest absolute Gasteiger partial charge is 0.497 e. The standard InChI is InChI=1S/C23H26N2O5/c1-29-19-10-2-15(3-11-19)12-25-20(13-30-14-21(25)26)22(27)16-6-8-18(9-7-16)24-23(28)17-4-5-17/h2-3,6-11,17,20,22,27H,4-5,12-14H2,1H3,(H,24,28). The molecule has 1 aliphatic carbocycles. The van der Waals surface area contributed by atoms with Gasteiger partial charge in [0.15, 0.2) is 0 Å². The van der Waals surface area contributed by atoms with E-state index in [4.69, 9.17) is 9.47 Å². The topological polar surface area (TPSA) is 88.1 Å². The number of methoxy groups -OCH3 is 1. The van der Waals surface area contributed by atoms with Gasteiger partial charge in [0.1, 0.15) is 18.5 Å². The van der Waals surface area contributed by atoms with Crippen molar-refractivity contribution < 1.29 is 24.2 Å². The van der Waals surface area contributed by atoms with Gasteiger partial charge < -0.3 is 24.8 Å². The summed E-state index contributed by atoms with van der Waals surface area (Å²) in [6.45, 7) is 0.637. The molecule has 30 heavy (non-hydrogen) atoms. The Bertz CT molecular complexity index is 893. The molecule has 158 valence electrons. The molecule has 2 amide bonds. The van der Waals surface area contributed by atoms with E-state index in [1.807, 2.05) is 24.3 Å². The summed E-state index contributed by atoms with van der Waals surface area (Å²) < 4.78 is 10.6. The fraction of sp³-hybridized carbons (Fsp3) is 0.391. The van der Waals surface area contributed by atoms with Crippen LogP contribution >= 0.6 is 0 Å². The van der Waals surface area contributed by atoms with Gasteiger partial charge in [0.25, 0.3) is 0 Å². The summed E-state index contributed by atoms with van der Waals surface area (Å²) in [6, 6.07) is 14.1. The van der Waals surface area contributed by atoms with Crippen molar-refractivity contribution in [1.82, 2.24) is 4.90 Å². The number of aliphatic hydroxyl groups is 1. The molecule has 2 fully saturated rings. The number of carbonyl (C=O) groups is 2. The molecule has 2 atom stereocenters. The number of hydrogen-bond acceptors (Lipinski definition) is 5. The van der Waals surface area contributed by atoms with Gasteiger partial charge in [-0.3, -0.25) is 9.59 Å². The maximum Gasteiger partial charge on any atom is 0.249 e. The first kappa shape index (κ1) is 20.4. The van der Waals surface area contributed by atoms with E-state index in [1.54, 1.807) is 36.3 Å². The van der Waals surface area contributed by atoms with Crippen LogP contribution in [0.25, 0.3) is 0 Å². The van der Waals surface area contributed by atoms with Gasteiger partial charge in [-0.25, -0.2) is 0 Å². The van der Waals surface area contributed by atoms with Crippen molar-refractivity contribution in [1.29, 1.82) is 0 Å². The van der Waals surface area contributed by atoms with Crippen LogP contribution < -0.4 is 10.1 Å². The molecule has 7 nitrogen and oxygen atoms in total. The van der Waals surface area contributed by atoms with Gasteiger partial charge in [-0.2, -0.15) is 0 Å². The molecule has 0 spiro atoms. The van der Waals surface area contributed by atoms with Gasteiger partial charge in [-0.15, -0.1) is 0 Å². The highest BCUT2D eigenvalue weighted by molar-refractivity contribution is 5.94. The minimum Gasteiger partial charge on any atom is -0.497 e. The average molecular weight is 410 g/mol. The summed E-state index contributed by atoms with van der Waals surface area (Å²) >= 11 is 0. The minimum absolute atomic E-state index is 0.00547. The lowest BCUT2D eigenvalue weighted by atomic mass is 9.99. The number of anilines is 1. The van der Waals surface area contributed by atoms with Crippen LogP contribution in [0.1, 0.15) is 30.1 Å². The van der Waals surface area contributed by atoms with E-state index in [2.05, 4.69) is 5.32 Å². The van der Waals surface area contributed by atoms with Crippen molar-refractivity contribution in [2.75, 3.05) is 25.6 Å². The third-order valence-electron chi connectivity index (χ3n) is 5.58. The summed E-state index contributed by atoms with van der Waals surface area (Å²) in [5.41, 5.74) is 2.32. The summed E-state index contributed by atoms with van der Waals surface area (Å²) in [5, 5.41) is 13.9. The first-order valence-corrected chi connectivity index (χ1v) is 10.1. The van der Waals surface area contributed by atoms with E-state index >= 15 is 0 Å². The molecule has 0 radical (unpaired) electrons. The summed E-state index contributed by atoms with van der Waals surface area (Å²) in [5.74, 6) is 0.763. The molecule has 2 aromatic rings. The Hall–Kier alpha value is -2.90. The molecule has 1 aliphatic heterocycles. The molecule has 4 rings (SSSR count). The first-order chi connectivity index (χ1) is 14.5. The van der Waals surface area contributed by atoms with Crippen molar-refractivity contribution in [3.8, 4) is 5.75 Å². The number of hydrogen-bond donors (Lipinski definition) is 2. The van der Waals surface area contributed by atoms with Crippen LogP contribution in [0.2, 0.25) is 0 Å². The van der Waals surface area contributed by atoms with Crippen LogP contribution in [-0.4, -0.2) is 48.2 Å². The summed E-state index contributed by atoms with van der Waals surface area (Å²) in [4.78, 5) is 26.1. The minimum atomic E-state index is -0.902. The van der Waals surface area contributed by atoms with E-state index in [1.165, 1.54) is 0 Å². The number of nitrogens with zero attached hydrogens (tertiary/aromatic N) is 1. The fourth-order valence-corrected chi connectivity index (χ4v) is 3.60. The Morgan fingerprint density at radius 2 is 1.90 bits per heavy atom. The first-order valence-electron chi connectivity index (χ1n) is 10.1. The van der Waals surface area contributed by atoms with Gasteiger partial charge in [0.05, 0.1) is 19.8 Å². The van der Waals surface area contributed by atoms with E-state index in [-0.39, 0.29) is 30.9 Å². The Labute approximate surface area is 175 Å². The number of carbonyl (C=O) groups excluding carboxylic acids is 2. The van der Waals surface area contributed by atoms with Gasteiger partial charge in [-0.1, -0.05) is 24.3 Å². The van der Waals surface area contributed by atoms with E-state index in [9.17, 15) is 14.7 Å². The third-order valence-corrected chi connectivity index (χ3v) is 5.58. The second-order valence-corrected chi connectivity index (χ2v) is 7.78. The molecule has 0 aromatic heterocycles. The number of ether oxygens (including phenoxy) is 2. The molecule has 2 aromatic carbocycles. The number of nitrogens with one attached hydrogen (secondary N) is 1. The van der Waals surface area contributed by atoms with Crippen molar-refractivity contribution in [2.45, 2.75) is 31.5 Å². The summed E-state index contributed by atoms with van der Waals surface area (Å²) in [6.07, 6.45) is 0.991. The lowest BCUT2D eigenvalue weighted by molar-refractivity contribution is -0.155. The number of amides is 2. The lowest BCUT2D eigenvalue weighted by Gasteiger charge is -2.38. The second-order valence-electron chi connectivity index (χ2n) is 7.78. The second kappa shape index (κ2) is 8.85. The Morgan fingerprint density at radius 3 is 2.53 bits per heavy atom. The normalized spacial score (nSPS) is 20.0. The van der Waals surface area contributed by atoms with Crippen LogP contribution in [0.15, 0.2) is 48.5 Å². The Balaban J connectivity index is 1.46. The molecular formula is C23H26N2O5. The van der Waals surface area contributed by atoms with Crippen molar-refractivity contribution >= 4 is 17.5 Å². The van der Waals surface area contributed by atoms with Crippen LogP contribution in [0, 0.1) is 5.92 Å². The SMILES string of the molecule is COc1ccc(CN2C(=O)COCC2C(O)c2ccc(NC(=O)C3CC3)cc2)cc1. The number of morpholine rings is 1. The number of rotatable bonds is 7. The van der Waals surface area contributed by atoms with Crippen molar-refractivity contribution in [2.24, 2.45) is 5.92 Å². The maximum absolute atomic E-state index is 12.5. The van der Waals surface area contributed by atoms with Gasteiger partial charge >= 0.3 is 0 Å². The fourth-order valence-electron chi connectivity index (χ4n) is 3.60. The van der Waals surface area contributed by atoms with Gasteiger partial charge in [-0.05, 0) is 48.2 Å². The lowest BCUT2D eigenvalue weighted by Crippen LogP contribution is -2.51. The molecule has 1 saturated carbocycles. The molecule has 2 aliphatic rings. The maximum atomic E-state index is 12.5. The van der Waals surface area contributed by atoms with Crippen LogP contribution in [0.4, 0.5) is 5.69 Å². The predicted octanol–water partition coefficient (Wildman–Crippen LogP) is 2.50. The molecule has 1 heterocycles. The molecular weight excluding hydrogens is 384 g/mol. The van der Waals surface area contributed by atoms with Crippen LogP contribution in [0.5, 0.6) is 5.75 Å². The van der Waals surface area contributed by atoms with Gasteiger partial charge in [0, 0.05) is 18.2 Å². The molecule has 2 N–H and O–H groups in total. The number of aliphatic hydroxyl groups excluding tert-OH is 1. The number of benzene rings is 2. The van der Waals surface area contributed by atoms with E-state index in [0.717, 1.165) is 24.2 Å². The zero-order chi connectivity index (χ0) is 21.1. The quantitative estimate of drug-likeness (QED) is 0.732. The molecule has 0 bridgehead atoms.